The van der Waals surface area contributed by atoms with Gasteiger partial charge in [-0.2, -0.15) is 0 Å². The van der Waals surface area contributed by atoms with Gasteiger partial charge in [-0.15, -0.1) is 11.3 Å². The van der Waals surface area contributed by atoms with Gasteiger partial charge in [0.25, 0.3) is 0 Å². The molecule has 0 aliphatic rings. The summed E-state index contributed by atoms with van der Waals surface area (Å²) in [7, 11) is 0. The molecule has 2 heterocycles. The van der Waals surface area contributed by atoms with E-state index in [4.69, 9.17) is 0 Å². The van der Waals surface area contributed by atoms with Crippen LogP contribution >= 0.6 is 11.3 Å². The van der Waals surface area contributed by atoms with E-state index in [0.29, 0.717) is 0 Å². The molecule has 0 fully saturated rings. The van der Waals surface area contributed by atoms with Crippen molar-refractivity contribution in [1.29, 1.82) is 0 Å². The van der Waals surface area contributed by atoms with Gasteiger partial charge in [0.05, 0.1) is 15.9 Å². The molecule has 4 aromatic rings. The first kappa shape index (κ1) is 11.4. The molecule has 0 aliphatic heterocycles. The zero-order valence-corrected chi connectivity index (χ0v) is 11.4. The number of rotatable bonds is 2. The second kappa shape index (κ2) is 4.32. The average molecular weight is 277 g/mol. The Bertz CT molecular complexity index is 918. The summed E-state index contributed by atoms with van der Waals surface area (Å²) >= 11 is 1.71. The smallest absolute Gasteiger partial charge is 0.167 e. The number of aromatic nitrogens is 1. The van der Waals surface area contributed by atoms with Gasteiger partial charge in [0.2, 0.25) is 0 Å². The standard InChI is InChI=1S/C17H11NOS/c19-11-15-13(12-6-2-1-3-7-12)10-17-18(15)14-8-4-5-9-16(14)20-17/h1-11H. The minimum Gasteiger partial charge on any atom is -0.297 e. The third kappa shape index (κ3) is 1.53. The second-order valence-electron chi connectivity index (χ2n) is 4.67. The monoisotopic (exact) mass is 277 g/mol. The van der Waals surface area contributed by atoms with Crippen LogP contribution in [0.4, 0.5) is 0 Å². The molecule has 3 heteroatoms. The largest absolute Gasteiger partial charge is 0.297 e. The quantitative estimate of drug-likeness (QED) is 0.489. The molecule has 0 spiro atoms. The van der Waals surface area contributed by atoms with Gasteiger partial charge in [-0.25, -0.2) is 0 Å². The van der Waals surface area contributed by atoms with Crippen LogP contribution in [0.2, 0.25) is 0 Å². The maximum Gasteiger partial charge on any atom is 0.167 e. The number of aldehydes is 1. The molecule has 0 aliphatic carbocycles. The maximum atomic E-state index is 11.6. The highest BCUT2D eigenvalue weighted by Crippen LogP contribution is 2.34. The average Bonchev–Trinajstić information content (AvgIpc) is 3.03. The number of carbonyl (C=O) groups is 1. The van der Waals surface area contributed by atoms with Crippen LogP contribution in [-0.4, -0.2) is 10.7 Å². The van der Waals surface area contributed by atoms with Crippen LogP contribution in [0.15, 0.2) is 60.7 Å². The van der Waals surface area contributed by atoms with E-state index in [0.717, 1.165) is 33.5 Å². The van der Waals surface area contributed by atoms with E-state index in [1.165, 1.54) is 4.70 Å². The third-order valence-corrected chi connectivity index (χ3v) is 4.60. The molecular weight excluding hydrogens is 266 g/mol. The van der Waals surface area contributed by atoms with E-state index in [-0.39, 0.29) is 0 Å². The molecule has 2 aromatic carbocycles. The molecule has 0 radical (unpaired) electrons. The first-order chi connectivity index (χ1) is 9.88. The predicted octanol–water partition coefficient (Wildman–Crippen LogP) is 4.63. The molecule has 20 heavy (non-hydrogen) atoms. The summed E-state index contributed by atoms with van der Waals surface area (Å²) in [6.45, 7) is 0. The van der Waals surface area contributed by atoms with Crippen molar-refractivity contribution < 1.29 is 4.79 Å². The predicted molar refractivity (Wildman–Crippen MR) is 83.6 cm³/mol. The molecule has 2 aromatic heterocycles. The van der Waals surface area contributed by atoms with Crippen molar-refractivity contribution in [3.8, 4) is 11.1 Å². The summed E-state index contributed by atoms with van der Waals surface area (Å²) in [5, 5.41) is 0. The molecule has 0 amide bonds. The van der Waals surface area contributed by atoms with Crippen molar-refractivity contribution in [2.45, 2.75) is 0 Å². The van der Waals surface area contributed by atoms with Crippen LogP contribution in [0.3, 0.4) is 0 Å². The molecule has 0 saturated heterocycles. The second-order valence-corrected chi connectivity index (χ2v) is 5.73. The number of carbonyl (C=O) groups excluding carboxylic acids is 1. The topological polar surface area (TPSA) is 21.5 Å². The van der Waals surface area contributed by atoms with Crippen molar-refractivity contribution >= 4 is 32.7 Å². The van der Waals surface area contributed by atoms with Crippen molar-refractivity contribution in [2.24, 2.45) is 0 Å². The van der Waals surface area contributed by atoms with Crippen molar-refractivity contribution in [3.63, 3.8) is 0 Å². The van der Waals surface area contributed by atoms with Gasteiger partial charge in [0.1, 0.15) is 4.83 Å². The molecule has 96 valence electrons. The van der Waals surface area contributed by atoms with Gasteiger partial charge in [-0.1, -0.05) is 42.5 Å². The number of hydrogen-bond acceptors (Lipinski definition) is 2. The fourth-order valence-electron chi connectivity index (χ4n) is 2.63. The van der Waals surface area contributed by atoms with Crippen LogP contribution in [0, 0.1) is 0 Å². The number of hydrogen-bond donors (Lipinski definition) is 0. The summed E-state index contributed by atoms with van der Waals surface area (Å²) in [6.07, 6.45) is 0.953. The van der Waals surface area contributed by atoms with Crippen LogP contribution < -0.4 is 0 Å². The van der Waals surface area contributed by atoms with Gasteiger partial charge in [-0.3, -0.25) is 9.20 Å². The molecule has 0 saturated carbocycles. The molecule has 4 rings (SSSR count). The lowest BCUT2D eigenvalue weighted by Gasteiger charge is -2.00. The Balaban J connectivity index is 2.11. The Morgan fingerprint density at radius 3 is 2.50 bits per heavy atom. The summed E-state index contributed by atoms with van der Waals surface area (Å²) in [5.74, 6) is 0. The minimum atomic E-state index is 0.726. The van der Waals surface area contributed by atoms with Gasteiger partial charge < -0.3 is 0 Å². The van der Waals surface area contributed by atoms with Crippen LogP contribution in [0.25, 0.3) is 26.2 Å². The zero-order chi connectivity index (χ0) is 13.5. The zero-order valence-electron chi connectivity index (χ0n) is 10.6. The Morgan fingerprint density at radius 2 is 1.70 bits per heavy atom. The van der Waals surface area contributed by atoms with Crippen LogP contribution in [-0.2, 0) is 0 Å². The van der Waals surface area contributed by atoms with E-state index in [9.17, 15) is 4.79 Å². The van der Waals surface area contributed by atoms with Gasteiger partial charge >= 0.3 is 0 Å². The van der Waals surface area contributed by atoms with Gasteiger partial charge in [-0.05, 0) is 23.8 Å². The van der Waals surface area contributed by atoms with Gasteiger partial charge in [0.15, 0.2) is 6.29 Å². The lowest BCUT2D eigenvalue weighted by atomic mass is 10.1. The number of thiazole rings is 1. The maximum absolute atomic E-state index is 11.6. The fourth-order valence-corrected chi connectivity index (χ4v) is 3.73. The lowest BCUT2D eigenvalue weighted by molar-refractivity contribution is 0.111. The van der Waals surface area contributed by atoms with Crippen molar-refractivity contribution in [3.05, 3.63) is 66.4 Å². The molecular formula is C17H11NOS. The Kier molecular flexibility index (Phi) is 2.47. The summed E-state index contributed by atoms with van der Waals surface area (Å²) in [4.78, 5) is 12.7. The van der Waals surface area contributed by atoms with E-state index >= 15 is 0 Å². The molecule has 0 bridgehead atoms. The number of nitrogens with zero attached hydrogens (tertiary/aromatic N) is 1. The highest BCUT2D eigenvalue weighted by molar-refractivity contribution is 7.24. The first-order valence-corrected chi connectivity index (χ1v) is 7.24. The number of para-hydroxylation sites is 1. The summed E-state index contributed by atoms with van der Waals surface area (Å²) < 4.78 is 3.25. The normalized spacial score (nSPS) is 11.2. The lowest BCUT2D eigenvalue weighted by Crippen LogP contribution is -1.90. The Morgan fingerprint density at radius 1 is 0.950 bits per heavy atom. The summed E-state index contributed by atoms with van der Waals surface area (Å²) in [6, 6.07) is 20.3. The molecule has 0 atom stereocenters. The minimum absolute atomic E-state index is 0.726. The van der Waals surface area contributed by atoms with Gasteiger partial charge in [0, 0.05) is 5.56 Å². The van der Waals surface area contributed by atoms with E-state index in [1.807, 2.05) is 42.5 Å². The third-order valence-electron chi connectivity index (χ3n) is 3.52. The van der Waals surface area contributed by atoms with E-state index < -0.39 is 0 Å². The van der Waals surface area contributed by atoms with E-state index in [2.05, 4.69) is 22.6 Å². The highest BCUT2D eigenvalue weighted by atomic mass is 32.1. The number of fused-ring (bicyclic) bond motifs is 3. The molecule has 2 nitrogen and oxygen atoms in total. The van der Waals surface area contributed by atoms with Crippen molar-refractivity contribution in [1.82, 2.24) is 4.40 Å². The Labute approximate surface area is 119 Å². The molecule has 0 unspecified atom stereocenters. The Hall–Kier alpha value is -2.39. The fraction of sp³-hybridized carbons (Fsp3) is 0. The van der Waals surface area contributed by atoms with E-state index in [1.54, 1.807) is 11.3 Å². The number of benzene rings is 2. The van der Waals surface area contributed by atoms with Crippen molar-refractivity contribution in [2.75, 3.05) is 0 Å². The highest BCUT2D eigenvalue weighted by Gasteiger charge is 2.15. The molecule has 0 N–H and O–H groups in total. The summed E-state index contributed by atoms with van der Waals surface area (Å²) in [5.41, 5.74) is 3.90. The van der Waals surface area contributed by atoms with Crippen LogP contribution in [0.1, 0.15) is 10.5 Å². The van der Waals surface area contributed by atoms with Crippen LogP contribution in [0.5, 0.6) is 0 Å². The first-order valence-electron chi connectivity index (χ1n) is 6.42. The SMILES string of the molecule is O=Cc1c(-c2ccccc2)cc2sc3ccccc3n12.